The number of rotatable bonds is 7. The van der Waals surface area contributed by atoms with E-state index >= 15 is 0 Å². The van der Waals surface area contributed by atoms with Gasteiger partial charge in [-0.3, -0.25) is 9.69 Å². The minimum Gasteiger partial charge on any atom is -0.492 e. The van der Waals surface area contributed by atoms with Gasteiger partial charge in [0.15, 0.2) is 0 Å². The minimum atomic E-state index is -0.354. The Kier molecular flexibility index (Phi) is 5.54. The van der Waals surface area contributed by atoms with Gasteiger partial charge in [0, 0.05) is 12.1 Å². The highest BCUT2D eigenvalue weighted by molar-refractivity contribution is 7.80. The maximum absolute atomic E-state index is 10.7. The van der Waals surface area contributed by atoms with Crippen LogP contribution in [-0.4, -0.2) is 42.5 Å². The molecule has 0 fully saturated rings. The molecule has 0 heterocycles. The molecule has 0 saturated carbocycles. The first-order valence-corrected chi connectivity index (χ1v) is 5.89. The highest BCUT2D eigenvalue weighted by atomic mass is 32.1. The van der Waals surface area contributed by atoms with E-state index < -0.39 is 0 Å². The van der Waals surface area contributed by atoms with Crippen LogP contribution in [0.3, 0.4) is 0 Å². The summed E-state index contributed by atoms with van der Waals surface area (Å²) >= 11 is 4.89. The molecule has 1 amide bonds. The van der Waals surface area contributed by atoms with Crippen LogP contribution in [0.1, 0.15) is 5.56 Å². The predicted molar refractivity (Wildman–Crippen MR) is 74.5 cm³/mol. The monoisotopic (exact) mass is 267 g/mol. The number of carbonyl (C=O) groups is 1. The largest absolute Gasteiger partial charge is 0.492 e. The van der Waals surface area contributed by atoms with Gasteiger partial charge in [-0.05, 0) is 19.2 Å². The maximum Gasteiger partial charge on any atom is 0.231 e. The van der Waals surface area contributed by atoms with Crippen molar-refractivity contribution in [2.75, 3.05) is 26.7 Å². The minimum absolute atomic E-state index is 0.219. The van der Waals surface area contributed by atoms with E-state index in [0.29, 0.717) is 23.9 Å². The number of amides is 1. The van der Waals surface area contributed by atoms with Crippen LogP contribution in [0.5, 0.6) is 5.75 Å². The summed E-state index contributed by atoms with van der Waals surface area (Å²) in [5, 5.41) is 0. The summed E-state index contributed by atoms with van der Waals surface area (Å²) in [5.74, 6) is 0.348. The molecule has 0 atom stereocenters. The lowest BCUT2D eigenvalue weighted by atomic mass is 10.2. The number of likely N-dealkylation sites (N-methyl/N-ethyl adjacent to an activating group) is 1. The predicted octanol–water partition coefficient (Wildman–Crippen LogP) is 0.117. The Balaban J connectivity index is 2.41. The van der Waals surface area contributed by atoms with Gasteiger partial charge in [0.05, 0.1) is 6.54 Å². The summed E-state index contributed by atoms with van der Waals surface area (Å²) in [6.07, 6.45) is 0. The Hall–Kier alpha value is -1.66. The molecular formula is C12H17N3O2S. The summed E-state index contributed by atoms with van der Waals surface area (Å²) in [6.45, 7) is 1.29. The average molecular weight is 267 g/mol. The first-order valence-electron chi connectivity index (χ1n) is 5.48. The third-order valence-electron chi connectivity index (χ3n) is 2.29. The normalized spacial score (nSPS) is 10.3. The number of nitrogens with zero attached hydrogens (tertiary/aromatic N) is 1. The van der Waals surface area contributed by atoms with E-state index in [0.717, 1.165) is 5.56 Å². The molecule has 4 N–H and O–H groups in total. The molecule has 0 bridgehead atoms. The van der Waals surface area contributed by atoms with E-state index in [1.807, 2.05) is 18.2 Å². The molecule has 98 valence electrons. The fourth-order valence-corrected chi connectivity index (χ4v) is 1.53. The van der Waals surface area contributed by atoms with Crippen molar-refractivity contribution in [1.29, 1.82) is 0 Å². The number of hydrogen-bond acceptors (Lipinski definition) is 4. The van der Waals surface area contributed by atoms with Gasteiger partial charge >= 0.3 is 0 Å². The Morgan fingerprint density at radius 2 is 2.17 bits per heavy atom. The van der Waals surface area contributed by atoms with Crippen molar-refractivity contribution in [3.63, 3.8) is 0 Å². The van der Waals surface area contributed by atoms with Crippen LogP contribution in [-0.2, 0) is 4.79 Å². The highest BCUT2D eigenvalue weighted by Gasteiger charge is 2.03. The molecule has 6 heteroatoms. The fourth-order valence-electron chi connectivity index (χ4n) is 1.40. The molecule has 0 aromatic heterocycles. The van der Waals surface area contributed by atoms with E-state index in [4.69, 9.17) is 28.4 Å². The molecule has 0 saturated heterocycles. The summed E-state index contributed by atoms with van der Waals surface area (Å²) in [4.78, 5) is 12.8. The van der Waals surface area contributed by atoms with Gasteiger partial charge in [-0.25, -0.2) is 0 Å². The molecule has 18 heavy (non-hydrogen) atoms. The number of nitrogens with two attached hydrogens (primary N) is 2. The highest BCUT2D eigenvalue weighted by Crippen LogP contribution is 2.13. The van der Waals surface area contributed by atoms with Crippen molar-refractivity contribution in [3.8, 4) is 5.75 Å². The Morgan fingerprint density at radius 1 is 1.44 bits per heavy atom. The topological polar surface area (TPSA) is 81.6 Å². The van der Waals surface area contributed by atoms with Gasteiger partial charge in [0.1, 0.15) is 17.3 Å². The van der Waals surface area contributed by atoms with E-state index in [9.17, 15) is 4.79 Å². The van der Waals surface area contributed by atoms with Crippen molar-refractivity contribution in [2.45, 2.75) is 0 Å². The Morgan fingerprint density at radius 3 is 2.78 bits per heavy atom. The van der Waals surface area contributed by atoms with Crippen molar-refractivity contribution in [2.24, 2.45) is 11.5 Å². The second kappa shape index (κ2) is 6.93. The van der Waals surface area contributed by atoms with E-state index in [1.165, 1.54) is 0 Å². The second-order valence-corrected chi connectivity index (χ2v) is 4.38. The maximum atomic E-state index is 10.7. The zero-order valence-corrected chi connectivity index (χ0v) is 11.1. The van der Waals surface area contributed by atoms with Crippen LogP contribution < -0.4 is 16.2 Å². The van der Waals surface area contributed by atoms with Crippen LogP contribution in [0.4, 0.5) is 0 Å². The summed E-state index contributed by atoms with van der Waals surface area (Å²) in [7, 11) is 1.81. The van der Waals surface area contributed by atoms with Gasteiger partial charge in [0.25, 0.3) is 0 Å². The summed E-state index contributed by atoms with van der Waals surface area (Å²) in [6, 6.07) is 7.28. The standard InChI is InChI=1S/C12H17N3O2S/c1-15(8-11(13)16)5-6-17-10-4-2-3-9(7-10)12(14)18/h2-4,7H,5-6,8H2,1H3,(H2,13,16)(H2,14,18). The third-order valence-corrected chi connectivity index (χ3v) is 2.52. The smallest absolute Gasteiger partial charge is 0.231 e. The molecule has 0 aliphatic heterocycles. The molecule has 0 aliphatic rings. The first-order chi connectivity index (χ1) is 8.49. The van der Waals surface area contributed by atoms with Crippen molar-refractivity contribution in [3.05, 3.63) is 29.8 Å². The van der Waals surface area contributed by atoms with Crippen molar-refractivity contribution >= 4 is 23.1 Å². The number of primary amides is 1. The lowest BCUT2D eigenvalue weighted by molar-refractivity contribution is -0.118. The summed E-state index contributed by atoms with van der Waals surface area (Å²) < 4.78 is 5.54. The molecular weight excluding hydrogens is 250 g/mol. The lowest BCUT2D eigenvalue weighted by Crippen LogP contribution is -2.33. The van der Waals surface area contributed by atoms with Gasteiger partial charge < -0.3 is 16.2 Å². The first kappa shape index (κ1) is 14.4. The molecule has 1 aromatic carbocycles. The molecule has 1 rings (SSSR count). The number of ether oxygens (including phenoxy) is 1. The van der Waals surface area contributed by atoms with Gasteiger partial charge in [-0.2, -0.15) is 0 Å². The molecule has 0 unspecified atom stereocenters. The van der Waals surface area contributed by atoms with Crippen LogP contribution in [0.2, 0.25) is 0 Å². The Bertz CT molecular complexity index is 437. The number of hydrogen-bond donors (Lipinski definition) is 2. The van der Waals surface area contributed by atoms with Crippen molar-refractivity contribution < 1.29 is 9.53 Å². The number of thiocarbonyl (C=S) groups is 1. The molecule has 0 radical (unpaired) electrons. The Labute approximate surface area is 112 Å². The van der Waals surface area contributed by atoms with Gasteiger partial charge in [-0.15, -0.1) is 0 Å². The molecule has 5 nitrogen and oxygen atoms in total. The van der Waals surface area contributed by atoms with Crippen molar-refractivity contribution in [1.82, 2.24) is 4.90 Å². The van der Waals surface area contributed by atoms with E-state index in [2.05, 4.69) is 0 Å². The molecule has 1 aromatic rings. The van der Waals surface area contributed by atoms with Crippen LogP contribution in [0.15, 0.2) is 24.3 Å². The van der Waals surface area contributed by atoms with Crippen LogP contribution in [0.25, 0.3) is 0 Å². The zero-order chi connectivity index (χ0) is 13.5. The van der Waals surface area contributed by atoms with Gasteiger partial charge in [0.2, 0.25) is 5.91 Å². The van der Waals surface area contributed by atoms with E-state index in [-0.39, 0.29) is 12.5 Å². The number of benzene rings is 1. The quantitative estimate of drug-likeness (QED) is 0.686. The molecule has 0 aliphatic carbocycles. The van der Waals surface area contributed by atoms with Crippen LogP contribution in [0, 0.1) is 0 Å². The second-order valence-electron chi connectivity index (χ2n) is 3.94. The fraction of sp³-hybridized carbons (Fsp3) is 0.333. The lowest BCUT2D eigenvalue weighted by Gasteiger charge is -2.15. The van der Waals surface area contributed by atoms with Gasteiger partial charge in [-0.1, -0.05) is 24.4 Å². The molecule has 0 spiro atoms. The summed E-state index contributed by atoms with van der Waals surface area (Å²) in [5.41, 5.74) is 11.4. The zero-order valence-electron chi connectivity index (χ0n) is 10.3. The van der Waals surface area contributed by atoms with Crippen LogP contribution >= 0.6 is 12.2 Å². The SMILES string of the molecule is CN(CCOc1cccc(C(N)=S)c1)CC(N)=O. The van der Waals surface area contributed by atoms with E-state index in [1.54, 1.807) is 18.0 Å². The third kappa shape index (κ3) is 5.11. The number of carbonyl (C=O) groups excluding carboxylic acids is 1. The average Bonchev–Trinajstić information content (AvgIpc) is 2.28.